The molecule has 0 nitrogen and oxygen atoms in total. The van der Waals surface area contributed by atoms with Crippen molar-refractivity contribution in [2.45, 2.75) is 40.0 Å². The lowest BCUT2D eigenvalue weighted by molar-refractivity contribution is 1.22. The van der Waals surface area contributed by atoms with Crippen LogP contribution in [0.2, 0.25) is 0 Å². The third-order valence-corrected chi connectivity index (χ3v) is 3.20. The van der Waals surface area contributed by atoms with E-state index in [1.54, 1.807) is 0 Å². The molecule has 88 valence electrons. The predicted octanol–water partition coefficient (Wildman–Crippen LogP) is 6.29. The first-order chi connectivity index (χ1) is 7.35. The molecule has 0 bridgehead atoms. The van der Waals surface area contributed by atoms with Gasteiger partial charge in [0.2, 0.25) is 0 Å². The predicted molar refractivity (Wildman–Crippen MR) is 85.2 cm³/mol. The van der Waals surface area contributed by atoms with Crippen LogP contribution in [-0.2, 0) is 0 Å². The third kappa shape index (κ3) is 14.4. The monoisotopic (exact) mass is 338 g/mol. The van der Waals surface area contributed by atoms with E-state index in [0.29, 0.717) is 0 Å². The maximum atomic E-state index is 2.33. The summed E-state index contributed by atoms with van der Waals surface area (Å²) < 4.78 is 0. The molecule has 15 heavy (non-hydrogen) atoms. The Kier molecular flexibility index (Phi) is 19.9. The lowest BCUT2D eigenvalue weighted by atomic mass is 10.5. The number of rotatable bonds is 6. The van der Waals surface area contributed by atoms with E-state index in [9.17, 15) is 0 Å². The van der Waals surface area contributed by atoms with Crippen molar-refractivity contribution >= 4 is 30.5 Å². The van der Waals surface area contributed by atoms with Gasteiger partial charge in [0.25, 0.3) is 0 Å². The molecule has 0 spiro atoms. The van der Waals surface area contributed by atoms with Gasteiger partial charge in [-0.3, -0.25) is 0 Å². The molecule has 0 amide bonds. The summed E-state index contributed by atoms with van der Waals surface area (Å²) in [5.41, 5.74) is 0. The van der Waals surface area contributed by atoms with Crippen molar-refractivity contribution in [2.75, 3.05) is 4.93 Å². The van der Waals surface area contributed by atoms with Gasteiger partial charge in [0.15, 0.2) is 0 Å². The van der Waals surface area contributed by atoms with Crippen LogP contribution in [0, 0.1) is 0 Å². The van der Waals surface area contributed by atoms with Crippen LogP contribution in [0.1, 0.15) is 40.0 Å². The van der Waals surface area contributed by atoms with Gasteiger partial charge in [0, 0.05) is 0 Å². The highest BCUT2D eigenvalue weighted by atomic mass is 127. The molecule has 0 rings (SSSR count). The van der Waals surface area contributed by atoms with E-state index in [0.717, 1.165) is 19.3 Å². The standard InChI is InChI=1S/C12H21P.CH3I/c1-4-7-10-13(11-8-5-2)12-9-6-3;1-2/h7-12H,4-6H2,1-3H3;1H3. The second-order valence-corrected chi connectivity index (χ2v) is 4.62. The van der Waals surface area contributed by atoms with Gasteiger partial charge in [-0.1, -0.05) is 79.0 Å². The van der Waals surface area contributed by atoms with Crippen LogP contribution in [0.15, 0.2) is 35.7 Å². The van der Waals surface area contributed by atoms with Crippen LogP contribution in [-0.4, -0.2) is 4.93 Å². The van der Waals surface area contributed by atoms with E-state index in [-0.39, 0.29) is 7.92 Å². The van der Waals surface area contributed by atoms with E-state index < -0.39 is 0 Å². The molecule has 0 heterocycles. The molecular formula is C13H24IP. The topological polar surface area (TPSA) is 0 Å². The average Bonchev–Trinajstić information content (AvgIpc) is 2.31. The molecule has 0 fully saturated rings. The van der Waals surface area contributed by atoms with Crippen LogP contribution in [0.25, 0.3) is 0 Å². The Morgan fingerprint density at radius 1 is 0.733 bits per heavy atom. The second kappa shape index (κ2) is 16.8. The fourth-order valence-electron chi connectivity index (χ4n) is 0.830. The van der Waals surface area contributed by atoms with E-state index in [1.165, 1.54) is 0 Å². The minimum absolute atomic E-state index is 0.120. The number of halogens is 1. The van der Waals surface area contributed by atoms with Crippen LogP contribution >= 0.6 is 30.5 Å². The van der Waals surface area contributed by atoms with Gasteiger partial charge >= 0.3 is 0 Å². The highest BCUT2D eigenvalue weighted by molar-refractivity contribution is 14.1. The molecule has 0 aromatic rings. The summed E-state index contributed by atoms with van der Waals surface area (Å²) in [6, 6.07) is 0. The van der Waals surface area contributed by atoms with Crippen molar-refractivity contribution in [3.63, 3.8) is 0 Å². The number of alkyl halides is 1. The van der Waals surface area contributed by atoms with Gasteiger partial charge < -0.3 is 0 Å². The number of hydrogen-bond donors (Lipinski definition) is 0. The van der Waals surface area contributed by atoms with Gasteiger partial charge in [-0.15, -0.1) is 0 Å². The van der Waals surface area contributed by atoms with Gasteiger partial charge in [0.05, 0.1) is 0 Å². The second-order valence-electron chi connectivity index (χ2n) is 2.83. The Hall–Kier alpha value is 0.380. The van der Waals surface area contributed by atoms with E-state index in [1.807, 2.05) is 4.93 Å². The van der Waals surface area contributed by atoms with Crippen LogP contribution in [0.3, 0.4) is 0 Å². The zero-order valence-electron chi connectivity index (χ0n) is 10.4. The summed E-state index contributed by atoms with van der Waals surface area (Å²) >= 11 is 2.15. The fourth-order valence-corrected chi connectivity index (χ4v) is 2.49. The largest absolute Gasteiger partial charge is 0.0901 e. The molecule has 0 saturated heterocycles. The van der Waals surface area contributed by atoms with Crippen molar-refractivity contribution in [3.8, 4) is 0 Å². The SMILES string of the molecule is CCC=CP(C=CCC)C=CCC.CI. The Balaban J connectivity index is 0. The molecule has 0 aliphatic heterocycles. The Bertz CT molecular complexity index is 150. The van der Waals surface area contributed by atoms with Crippen LogP contribution < -0.4 is 0 Å². The molecule has 0 N–H and O–H groups in total. The zero-order chi connectivity index (χ0) is 11.9. The molecule has 0 atom stereocenters. The van der Waals surface area contributed by atoms with Crippen LogP contribution in [0.4, 0.5) is 0 Å². The molecule has 0 radical (unpaired) electrons. The van der Waals surface area contributed by atoms with E-state index in [4.69, 9.17) is 0 Å². The maximum absolute atomic E-state index is 2.33. The highest BCUT2D eigenvalue weighted by Gasteiger charge is 1.90. The lowest BCUT2D eigenvalue weighted by Gasteiger charge is -2.00. The minimum Gasteiger partial charge on any atom is -0.0901 e. The average molecular weight is 338 g/mol. The molecule has 0 aromatic carbocycles. The molecule has 0 saturated carbocycles. The summed E-state index contributed by atoms with van der Waals surface area (Å²) in [6.45, 7) is 6.53. The van der Waals surface area contributed by atoms with E-state index >= 15 is 0 Å². The summed E-state index contributed by atoms with van der Waals surface area (Å²) in [5, 5.41) is 0. The maximum Gasteiger partial charge on any atom is -0.0121 e. The third-order valence-electron chi connectivity index (χ3n) is 1.54. The first-order valence-corrected chi connectivity index (χ1v) is 9.21. The van der Waals surface area contributed by atoms with Crippen molar-refractivity contribution < 1.29 is 0 Å². The number of hydrogen-bond acceptors (Lipinski definition) is 0. The summed E-state index contributed by atoms with van der Waals surface area (Å²) in [5.74, 6) is 6.98. The molecule has 0 aliphatic carbocycles. The van der Waals surface area contributed by atoms with Gasteiger partial charge in [0.1, 0.15) is 0 Å². The fraction of sp³-hybridized carbons (Fsp3) is 0.538. The molecular weight excluding hydrogens is 314 g/mol. The van der Waals surface area contributed by atoms with Crippen molar-refractivity contribution in [3.05, 3.63) is 35.7 Å². The van der Waals surface area contributed by atoms with E-state index in [2.05, 4.69) is 79.0 Å². The summed E-state index contributed by atoms with van der Waals surface area (Å²) in [4.78, 5) is 1.97. The van der Waals surface area contributed by atoms with Crippen molar-refractivity contribution in [2.24, 2.45) is 0 Å². The molecule has 0 unspecified atom stereocenters. The van der Waals surface area contributed by atoms with Gasteiger partial charge in [-0.2, -0.15) is 0 Å². The molecule has 0 aliphatic rings. The highest BCUT2D eigenvalue weighted by Crippen LogP contribution is 2.40. The normalized spacial score (nSPS) is 13.4. The zero-order valence-corrected chi connectivity index (χ0v) is 13.5. The molecule has 2 heteroatoms. The summed E-state index contributed by atoms with van der Waals surface area (Å²) in [7, 11) is -0.120. The first kappa shape index (κ1) is 17.8. The Morgan fingerprint density at radius 3 is 1.20 bits per heavy atom. The van der Waals surface area contributed by atoms with Crippen molar-refractivity contribution in [1.82, 2.24) is 0 Å². The minimum atomic E-state index is -0.120. The quantitative estimate of drug-likeness (QED) is 0.303. The first-order valence-electron chi connectivity index (χ1n) is 5.50. The van der Waals surface area contributed by atoms with Crippen molar-refractivity contribution in [1.29, 1.82) is 0 Å². The molecule has 0 aromatic heterocycles. The van der Waals surface area contributed by atoms with Gasteiger partial charge in [-0.25, -0.2) is 0 Å². The Labute approximate surface area is 111 Å². The van der Waals surface area contributed by atoms with Gasteiger partial charge in [-0.05, 0) is 32.1 Å². The Morgan fingerprint density at radius 2 is 1.00 bits per heavy atom. The van der Waals surface area contributed by atoms with Crippen LogP contribution in [0.5, 0.6) is 0 Å². The smallest absolute Gasteiger partial charge is 0.0121 e. The number of allylic oxidation sites excluding steroid dienone is 3. The summed E-state index contributed by atoms with van der Waals surface area (Å²) in [6.07, 6.45) is 10.2. The lowest BCUT2D eigenvalue weighted by Crippen LogP contribution is -1.61.